The number of anilines is 1. The molecule has 1 aromatic heterocycles. The Morgan fingerprint density at radius 2 is 2.09 bits per heavy atom. The van der Waals surface area contributed by atoms with E-state index in [9.17, 15) is 4.79 Å². The Bertz CT molecular complexity index is 557. The number of ether oxygens (including phenoxy) is 1. The Morgan fingerprint density at radius 3 is 2.73 bits per heavy atom. The van der Waals surface area contributed by atoms with Crippen molar-refractivity contribution in [1.82, 2.24) is 14.9 Å². The van der Waals surface area contributed by atoms with Crippen molar-refractivity contribution in [2.45, 2.75) is 51.2 Å². The van der Waals surface area contributed by atoms with E-state index in [0.717, 1.165) is 25.9 Å². The minimum Gasteiger partial charge on any atom is -0.382 e. The predicted octanol–water partition coefficient (Wildman–Crippen LogP) is 1.87. The molecule has 1 aromatic rings. The number of rotatable bonds is 4. The number of nitrogens with zero attached hydrogens (tertiary/aromatic N) is 3. The number of nitrogens with two attached hydrogens (primary N) is 1. The molecule has 1 spiro atoms. The average Bonchev–Trinajstić information content (AvgIpc) is 3.03. The molecule has 0 aromatic carbocycles. The van der Waals surface area contributed by atoms with Gasteiger partial charge in [-0.1, -0.05) is 12.8 Å². The highest BCUT2D eigenvalue weighted by molar-refractivity contribution is 5.96. The lowest BCUT2D eigenvalue weighted by Gasteiger charge is -2.56. The SMILES string of the molecule is CCO[C@H]1C[C@@H](N(C)C(=O)c2nccnc2N)C12CCCC2. The van der Waals surface area contributed by atoms with Crippen LogP contribution in [0.1, 0.15) is 49.5 Å². The molecule has 2 N–H and O–H groups in total. The highest BCUT2D eigenvalue weighted by atomic mass is 16.5. The third-order valence-electron chi connectivity index (χ3n) is 5.36. The topological polar surface area (TPSA) is 81.3 Å². The normalized spacial score (nSPS) is 25.9. The molecule has 0 unspecified atom stereocenters. The third kappa shape index (κ3) is 2.26. The van der Waals surface area contributed by atoms with Gasteiger partial charge in [-0.2, -0.15) is 0 Å². The number of amides is 1. The number of hydrogen-bond acceptors (Lipinski definition) is 5. The second-order valence-electron chi connectivity index (χ2n) is 6.34. The molecule has 6 nitrogen and oxygen atoms in total. The number of nitrogen functional groups attached to an aromatic ring is 1. The van der Waals surface area contributed by atoms with Crippen molar-refractivity contribution in [1.29, 1.82) is 0 Å². The summed E-state index contributed by atoms with van der Waals surface area (Å²) in [5.41, 5.74) is 6.16. The fraction of sp³-hybridized carbons (Fsp3) is 0.688. The van der Waals surface area contributed by atoms with Crippen LogP contribution in [0.15, 0.2) is 12.4 Å². The van der Waals surface area contributed by atoms with Crippen LogP contribution < -0.4 is 5.73 Å². The maximum absolute atomic E-state index is 12.7. The van der Waals surface area contributed by atoms with Gasteiger partial charge in [0.1, 0.15) is 0 Å². The minimum atomic E-state index is -0.142. The second kappa shape index (κ2) is 5.83. The standard InChI is InChI=1S/C16H24N4O2/c1-3-22-12-10-11(16(12)6-4-5-7-16)20(2)15(21)13-14(17)19-9-8-18-13/h8-9,11-12H,3-7,10H2,1-2H3,(H2,17,19)/t11-,12+/m1/s1. The Morgan fingerprint density at radius 1 is 1.41 bits per heavy atom. The number of aromatic nitrogens is 2. The molecule has 6 heteroatoms. The molecule has 2 fully saturated rings. The first-order chi connectivity index (χ1) is 10.6. The molecule has 0 radical (unpaired) electrons. The molecule has 0 bridgehead atoms. The molecule has 2 aliphatic rings. The maximum Gasteiger partial charge on any atom is 0.276 e. The third-order valence-corrected chi connectivity index (χ3v) is 5.36. The summed E-state index contributed by atoms with van der Waals surface area (Å²) in [5.74, 6) is 0.0531. The zero-order chi connectivity index (χ0) is 15.7. The van der Waals surface area contributed by atoms with Crippen LogP contribution in [0.25, 0.3) is 0 Å². The van der Waals surface area contributed by atoms with E-state index in [0.29, 0.717) is 0 Å². The van der Waals surface area contributed by atoms with Crippen LogP contribution in [-0.4, -0.2) is 46.6 Å². The highest BCUT2D eigenvalue weighted by Crippen LogP contribution is 2.56. The molecule has 3 rings (SSSR count). The lowest BCUT2D eigenvalue weighted by molar-refractivity contribution is -0.152. The van der Waals surface area contributed by atoms with Gasteiger partial charge in [-0.15, -0.1) is 0 Å². The van der Waals surface area contributed by atoms with Gasteiger partial charge in [0, 0.05) is 37.5 Å². The molecule has 2 atom stereocenters. The molecule has 120 valence electrons. The number of carbonyl (C=O) groups is 1. The van der Waals surface area contributed by atoms with Crippen LogP contribution in [0.4, 0.5) is 5.82 Å². The average molecular weight is 304 g/mol. The summed E-state index contributed by atoms with van der Waals surface area (Å²) in [7, 11) is 1.85. The van der Waals surface area contributed by atoms with E-state index < -0.39 is 0 Å². The quantitative estimate of drug-likeness (QED) is 0.918. The van der Waals surface area contributed by atoms with Crippen LogP contribution in [0.5, 0.6) is 0 Å². The van der Waals surface area contributed by atoms with Gasteiger partial charge < -0.3 is 15.4 Å². The van der Waals surface area contributed by atoms with Gasteiger partial charge in [0.15, 0.2) is 11.5 Å². The second-order valence-corrected chi connectivity index (χ2v) is 6.34. The number of hydrogen-bond donors (Lipinski definition) is 1. The molecular formula is C16H24N4O2. The largest absolute Gasteiger partial charge is 0.382 e. The lowest BCUT2D eigenvalue weighted by Crippen LogP contribution is -2.64. The fourth-order valence-electron chi connectivity index (χ4n) is 4.22. The highest BCUT2D eigenvalue weighted by Gasteiger charge is 2.59. The lowest BCUT2D eigenvalue weighted by atomic mass is 9.60. The van der Waals surface area contributed by atoms with E-state index >= 15 is 0 Å². The molecular weight excluding hydrogens is 280 g/mol. The molecule has 2 aliphatic carbocycles. The van der Waals surface area contributed by atoms with Crippen molar-refractivity contribution >= 4 is 11.7 Å². The molecule has 2 saturated carbocycles. The summed E-state index contributed by atoms with van der Waals surface area (Å²) >= 11 is 0. The minimum absolute atomic E-state index is 0.122. The summed E-state index contributed by atoms with van der Waals surface area (Å²) in [5, 5.41) is 0. The van der Waals surface area contributed by atoms with Gasteiger partial charge in [-0.3, -0.25) is 4.79 Å². The van der Waals surface area contributed by atoms with Gasteiger partial charge in [-0.25, -0.2) is 9.97 Å². The molecule has 0 aliphatic heterocycles. The first-order valence-corrected chi connectivity index (χ1v) is 8.05. The van der Waals surface area contributed by atoms with Gasteiger partial charge >= 0.3 is 0 Å². The summed E-state index contributed by atoms with van der Waals surface area (Å²) in [6.45, 7) is 2.76. The Hall–Kier alpha value is -1.69. The zero-order valence-electron chi connectivity index (χ0n) is 13.3. The van der Waals surface area contributed by atoms with E-state index in [1.807, 2.05) is 14.0 Å². The van der Waals surface area contributed by atoms with E-state index in [4.69, 9.17) is 10.5 Å². The summed E-state index contributed by atoms with van der Waals surface area (Å²) in [6.07, 6.45) is 8.89. The maximum atomic E-state index is 12.7. The van der Waals surface area contributed by atoms with Gasteiger partial charge in [0.05, 0.1) is 6.10 Å². The smallest absolute Gasteiger partial charge is 0.276 e. The van der Waals surface area contributed by atoms with Crippen molar-refractivity contribution in [2.75, 3.05) is 19.4 Å². The number of carbonyl (C=O) groups excluding carboxylic acids is 1. The van der Waals surface area contributed by atoms with Crippen LogP contribution in [-0.2, 0) is 4.74 Å². The van der Waals surface area contributed by atoms with Crippen molar-refractivity contribution < 1.29 is 9.53 Å². The summed E-state index contributed by atoms with van der Waals surface area (Å²) in [6, 6.07) is 0.209. The van der Waals surface area contributed by atoms with Gasteiger partial charge in [-0.05, 0) is 26.2 Å². The molecule has 1 amide bonds. The van der Waals surface area contributed by atoms with Crippen molar-refractivity contribution in [3.05, 3.63) is 18.1 Å². The first kappa shape index (κ1) is 15.2. The van der Waals surface area contributed by atoms with Crippen LogP contribution in [0, 0.1) is 5.41 Å². The summed E-state index contributed by atoms with van der Waals surface area (Å²) in [4.78, 5) is 22.6. The predicted molar refractivity (Wildman–Crippen MR) is 83.3 cm³/mol. The van der Waals surface area contributed by atoms with E-state index in [1.54, 1.807) is 4.90 Å². The molecule has 0 saturated heterocycles. The van der Waals surface area contributed by atoms with Crippen LogP contribution in [0.2, 0.25) is 0 Å². The van der Waals surface area contributed by atoms with Crippen LogP contribution in [0.3, 0.4) is 0 Å². The van der Waals surface area contributed by atoms with E-state index in [2.05, 4.69) is 9.97 Å². The van der Waals surface area contributed by atoms with Crippen molar-refractivity contribution in [3.63, 3.8) is 0 Å². The Labute approximate surface area is 131 Å². The van der Waals surface area contributed by atoms with E-state index in [-0.39, 0.29) is 35.0 Å². The van der Waals surface area contributed by atoms with Crippen molar-refractivity contribution in [3.8, 4) is 0 Å². The zero-order valence-corrected chi connectivity index (χ0v) is 13.3. The van der Waals surface area contributed by atoms with E-state index in [1.165, 1.54) is 25.2 Å². The van der Waals surface area contributed by atoms with Gasteiger partial charge in [0.2, 0.25) is 0 Å². The molecule has 22 heavy (non-hydrogen) atoms. The van der Waals surface area contributed by atoms with Gasteiger partial charge in [0.25, 0.3) is 5.91 Å². The first-order valence-electron chi connectivity index (χ1n) is 8.05. The van der Waals surface area contributed by atoms with Crippen LogP contribution >= 0.6 is 0 Å². The Balaban J connectivity index is 1.79. The van der Waals surface area contributed by atoms with Crippen molar-refractivity contribution in [2.24, 2.45) is 5.41 Å². The molecule has 1 heterocycles. The summed E-state index contributed by atoms with van der Waals surface area (Å²) < 4.78 is 5.91. The monoisotopic (exact) mass is 304 g/mol. The Kier molecular flexibility index (Phi) is 4.04. The fourth-order valence-corrected chi connectivity index (χ4v) is 4.22.